The number of hydrogen-bond acceptors (Lipinski definition) is 1. The molecule has 0 aliphatic rings. The summed E-state index contributed by atoms with van der Waals surface area (Å²) in [6.45, 7) is 2.06. The van der Waals surface area contributed by atoms with E-state index in [2.05, 4.69) is 42.6 Å². The number of hydrogen-bond donors (Lipinski definition) is 1. The Bertz CT molecular complexity index is 850. The molecule has 25 heavy (non-hydrogen) atoms. The van der Waals surface area contributed by atoms with Crippen molar-refractivity contribution < 1.29 is 4.79 Å². The van der Waals surface area contributed by atoms with Crippen molar-refractivity contribution in [3.8, 4) is 0 Å². The molecule has 0 fully saturated rings. The first kappa shape index (κ1) is 16.7. The van der Waals surface area contributed by atoms with Gasteiger partial charge in [-0.25, -0.2) is 0 Å². The average Bonchev–Trinajstić information content (AvgIpc) is 2.63. The number of amides is 1. The molecule has 3 aromatic rings. The molecule has 3 rings (SSSR count). The minimum absolute atomic E-state index is 0.0195. The van der Waals surface area contributed by atoms with Crippen molar-refractivity contribution in [1.82, 2.24) is 0 Å². The molecule has 2 heteroatoms. The smallest absolute Gasteiger partial charge is 0.228 e. The van der Waals surface area contributed by atoms with Crippen LogP contribution in [-0.4, -0.2) is 5.91 Å². The summed E-state index contributed by atoms with van der Waals surface area (Å²) < 4.78 is 0. The second kappa shape index (κ2) is 8.11. The van der Waals surface area contributed by atoms with Gasteiger partial charge in [-0.05, 0) is 35.8 Å². The summed E-state index contributed by atoms with van der Waals surface area (Å²) in [6.07, 6.45) is 2.40. The van der Waals surface area contributed by atoms with Crippen LogP contribution in [0.25, 0.3) is 11.6 Å². The third-order valence-electron chi connectivity index (χ3n) is 3.97. The number of anilines is 1. The van der Waals surface area contributed by atoms with E-state index < -0.39 is 0 Å². The Balaban J connectivity index is 1.85. The molecule has 0 bridgehead atoms. The van der Waals surface area contributed by atoms with Crippen LogP contribution in [-0.2, 0) is 4.79 Å². The lowest BCUT2D eigenvalue weighted by atomic mass is 9.98. The number of benzene rings is 3. The van der Waals surface area contributed by atoms with Crippen LogP contribution in [0.15, 0.2) is 84.9 Å². The Kier molecular flexibility index (Phi) is 5.43. The summed E-state index contributed by atoms with van der Waals surface area (Å²) in [7, 11) is 0. The molecule has 1 N–H and O–H groups in total. The van der Waals surface area contributed by atoms with Gasteiger partial charge in [0.15, 0.2) is 0 Å². The van der Waals surface area contributed by atoms with E-state index in [0.29, 0.717) is 6.42 Å². The zero-order valence-electron chi connectivity index (χ0n) is 14.3. The van der Waals surface area contributed by atoms with Gasteiger partial charge in [-0.1, -0.05) is 84.4 Å². The Morgan fingerprint density at radius 1 is 0.840 bits per heavy atom. The molecule has 0 aliphatic heterocycles. The van der Waals surface area contributed by atoms with Crippen LogP contribution in [0, 0.1) is 6.92 Å². The van der Waals surface area contributed by atoms with E-state index in [-0.39, 0.29) is 5.91 Å². The van der Waals surface area contributed by atoms with Crippen LogP contribution in [0.1, 0.15) is 23.1 Å². The number of carbonyl (C=O) groups is 1. The van der Waals surface area contributed by atoms with E-state index in [0.717, 1.165) is 22.4 Å². The maximum absolute atomic E-state index is 12.5. The quantitative estimate of drug-likeness (QED) is 0.610. The molecule has 0 saturated carbocycles. The van der Waals surface area contributed by atoms with Gasteiger partial charge in [0.1, 0.15) is 0 Å². The molecule has 0 heterocycles. The summed E-state index contributed by atoms with van der Waals surface area (Å²) in [5.41, 5.74) is 5.18. The molecular formula is C23H21NO. The summed E-state index contributed by atoms with van der Waals surface area (Å²) in [5.74, 6) is -0.0195. The van der Waals surface area contributed by atoms with Gasteiger partial charge in [0.2, 0.25) is 5.91 Å². The normalized spacial score (nSPS) is 11.2. The molecule has 0 unspecified atom stereocenters. The lowest BCUT2D eigenvalue weighted by molar-refractivity contribution is -0.115. The van der Waals surface area contributed by atoms with E-state index in [1.54, 1.807) is 0 Å². The van der Waals surface area contributed by atoms with Crippen LogP contribution in [0.5, 0.6) is 0 Å². The summed E-state index contributed by atoms with van der Waals surface area (Å²) in [6, 6.07) is 27.9. The van der Waals surface area contributed by atoms with Gasteiger partial charge < -0.3 is 5.32 Å². The highest BCUT2D eigenvalue weighted by Gasteiger charge is 2.09. The predicted octanol–water partition coefficient (Wildman–Crippen LogP) is 5.56. The zero-order chi connectivity index (χ0) is 17.5. The Morgan fingerprint density at radius 3 is 2.08 bits per heavy atom. The van der Waals surface area contributed by atoms with Crippen LogP contribution in [0.3, 0.4) is 0 Å². The van der Waals surface area contributed by atoms with Crippen LogP contribution in [0.4, 0.5) is 5.69 Å². The summed E-state index contributed by atoms with van der Waals surface area (Å²) in [4.78, 5) is 12.5. The number of rotatable bonds is 5. The van der Waals surface area contributed by atoms with Gasteiger partial charge in [-0.3, -0.25) is 4.79 Å². The monoisotopic (exact) mass is 327 g/mol. The zero-order valence-corrected chi connectivity index (χ0v) is 14.3. The maximum Gasteiger partial charge on any atom is 0.228 e. The van der Waals surface area contributed by atoms with Gasteiger partial charge in [0, 0.05) is 5.69 Å². The fraction of sp³-hybridized carbons (Fsp3) is 0.0870. The minimum atomic E-state index is -0.0195. The molecule has 0 aliphatic carbocycles. The van der Waals surface area contributed by atoms with E-state index >= 15 is 0 Å². The molecule has 3 aromatic carbocycles. The summed E-state index contributed by atoms with van der Waals surface area (Å²) >= 11 is 0. The van der Waals surface area contributed by atoms with Crippen LogP contribution < -0.4 is 5.32 Å². The largest absolute Gasteiger partial charge is 0.326 e. The van der Waals surface area contributed by atoms with Crippen LogP contribution >= 0.6 is 0 Å². The topological polar surface area (TPSA) is 29.1 Å². The number of aryl methyl sites for hydroxylation is 1. The fourth-order valence-corrected chi connectivity index (χ4v) is 2.65. The minimum Gasteiger partial charge on any atom is -0.326 e. The Labute approximate surface area is 148 Å². The third-order valence-corrected chi connectivity index (χ3v) is 3.97. The third kappa shape index (κ3) is 4.92. The standard InChI is InChI=1S/C23H21NO/c1-18-12-14-20(15-13-18)21(16-19-8-4-2-5-9-19)17-23(25)24-22-10-6-3-7-11-22/h2-16H,17H2,1H3,(H,24,25)/b21-16+. The molecule has 0 atom stereocenters. The molecular weight excluding hydrogens is 306 g/mol. The van der Waals surface area contributed by atoms with Gasteiger partial charge in [0.25, 0.3) is 0 Å². The van der Waals surface area contributed by atoms with Crippen molar-refractivity contribution in [2.45, 2.75) is 13.3 Å². The van der Waals surface area contributed by atoms with Gasteiger partial charge in [-0.15, -0.1) is 0 Å². The number of para-hydroxylation sites is 1. The molecule has 0 spiro atoms. The lowest BCUT2D eigenvalue weighted by Crippen LogP contribution is -2.11. The fourth-order valence-electron chi connectivity index (χ4n) is 2.65. The highest BCUT2D eigenvalue weighted by Crippen LogP contribution is 2.23. The van der Waals surface area contributed by atoms with Gasteiger partial charge in [-0.2, -0.15) is 0 Å². The Morgan fingerprint density at radius 2 is 1.44 bits per heavy atom. The first-order valence-electron chi connectivity index (χ1n) is 8.38. The first-order chi connectivity index (χ1) is 12.2. The predicted molar refractivity (Wildman–Crippen MR) is 105 cm³/mol. The molecule has 1 amide bonds. The maximum atomic E-state index is 12.5. The molecule has 0 aromatic heterocycles. The van der Waals surface area contributed by atoms with Gasteiger partial charge in [0.05, 0.1) is 6.42 Å². The van der Waals surface area contributed by atoms with Gasteiger partial charge >= 0.3 is 0 Å². The molecule has 0 saturated heterocycles. The molecule has 124 valence electrons. The second-order valence-corrected chi connectivity index (χ2v) is 6.04. The number of nitrogens with one attached hydrogen (secondary N) is 1. The molecule has 0 radical (unpaired) electrons. The van der Waals surface area contributed by atoms with Crippen molar-refractivity contribution in [3.05, 3.63) is 102 Å². The first-order valence-corrected chi connectivity index (χ1v) is 8.38. The van der Waals surface area contributed by atoms with Crippen molar-refractivity contribution in [2.24, 2.45) is 0 Å². The number of carbonyl (C=O) groups excluding carboxylic acids is 1. The van der Waals surface area contributed by atoms with E-state index in [1.807, 2.05) is 60.7 Å². The van der Waals surface area contributed by atoms with E-state index in [9.17, 15) is 4.79 Å². The second-order valence-electron chi connectivity index (χ2n) is 6.04. The average molecular weight is 327 g/mol. The van der Waals surface area contributed by atoms with Crippen molar-refractivity contribution in [3.63, 3.8) is 0 Å². The van der Waals surface area contributed by atoms with Crippen LogP contribution in [0.2, 0.25) is 0 Å². The SMILES string of the molecule is Cc1ccc(/C(=C/c2ccccc2)CC(=O)Nc2ccccc2)cc1. The van der Waals surface area contributed by atoms with Crippen molar-refractivity contribution >= 4 is 23.2 Å². The highest BCUT2D eigenvalue weighted by molar-refractivity contribution is 6.00. The Hall–Kier alpha value is -3.13. The van der Waals surface area contributed by atoms with Crippen molar-refractivity contribution in [1.29, 1.82) is 0 Å². The highest BCUT2D eigenvalue weighted by atomic mass is 16.1. The molecule has 2 nitrogen and oxygen atoms in total. The van der Waals surface area contributed by atoms with E-state index in [1.165, 1.54) is 5.56 Å². The lowest BCUT2D eigenvalue weighted by Gasteiger charge is -2.10. The van der Waals surface area contributed by atoms with Crippen molar-refractivity contribution in [2.75, 3.05) is 5.32 Å². The summed E-state index contributed by atoms with van der Waals surface area (Å²) in [5, 5.41) is 2.96. The van der Waals surface area contributed by atoms with E-state index in [4.69, 9.17) is 0 Å².